The van der Waals surface area contributed by atoms with Crippen molar-refractivity contribution in [2.45, 2.75) is 101 Å². The van der Waals surface area contributed by atoms with E-state index in [9.17, 15) is 22.8 Å². The van der Waals surface area contributed by atoms with Crippen molar-refractivity contribution < 1.29 is 32.3 Å². The van der Waals surface area contributed by atoms with Crippen LogP contribution in [0.2, 0.25) is 0 Å². The van der Waals surface area contributed by atoms with Gasteiger partial charge in [-0.15, -0.1) is 11.8 Å². The first kappa shape index (κ1) is 37.7. The van der Waals surface area contributed by atoms with Crippen molar-refractivity contribution in [1.29, 1.82) is 0 Å². The average molecular weight is 766 g/mol. The Balaban J connectivity index is 1.21. The SMILES string of the molecule is CCc1c(OC)ccc2c(O[C@@H]3C[C@H]4C(=O)N[C@]5(C(=O)NS(=O)(=O)C6CC6)CC5/C=C\CCCCN(C)C(=O)[C@@H]4C3)cc(C3=NC(C(C)C)CS3)nc12. The van der Waals surface area contributed by atoms with Crippen LogP contribution >= 0.6 is 11.8 Å². The van der Waals surface area contributed by atoms with Crippen molar-refractivity contribution in [3.8, 4) is 11.5 Å². The van der Waals surface area contributed by atoms with Crippen LogP contribution in [0.5, 0.6) is 11.5 Å². The summed E-state index contributed by atoms with van der Waals surface area (Å²) in [7, 11) is -0.407. The summed E-state index contributed by atoms with van der Waals surface area (Å²) in [6, 6.07) is 5.97. The van der Waals surface area contributed by atoms with Crippen LogP contribution in [0.3, 0.4) is 0 Å². The van der Waals surface area contributed by atoms with Gasteiger partial charge in [0.15, 0.2) is 0 Å². The molecule has 0 radical (unpaired) electrons. The number of sulfonamides is 1. The predicted octanol–water partition coefficient (Wildman–Crippen LogP) is 4.78. The molecule has 7 rings (SSSR count). The lowest BCUT2D eigenvalue weighted by Crippen LogP contribution is -2.54. The molecule has 3 aliphatic carbocycles. The van der Waals surface area contributed by atoms with Crippen molar-refractivity contribution in [3.63, 3.8) is 0 Å². The Morgan fingerprint density at radius 2 is 1.92 bits per heavy atom. The third-order valence-electron chi connectivity index (χ3n) is 11.5. The molecule has 3 heterocycles. The summed E-state index contributed by atoms with van der Waals surface area (Å²) in [4.78, 5) is 53.9. The van der Waals surface area contributed by atoms with Crippen LogP contribution in [-0.2, 0) is 30.8 Å². The number of carbonyl (C=O) groups excluding carboxylic acids is 3. The highest BCUT2D eigenvalue weighted by Gasteiger charge is 2.62. The van der Waals surface area contributed by atoms with Gasteiger partial charge in [0.05, 0.1) is 41.4 Å². The van der Waals surface area contributed by atoms with E-state index in [1.54, 1.807) is 30.8 Å². The maximum atomic E-state index is 14.3. The van der Waals surface area contributed by atoms with Crippen LogP contribution in [-0.4, -0.2) is 90.5 Å². The molecule has 2 unspecified atom stereocenters. The summed E-state index contributed by atoms with van der Waals surface area (Å²) in [5, 5.41) is 4.06. The Morgan fingerprint density at radius 1 is 1.15 bits per heavy atom. The number of carbonyl (C=O) groups is 3. The Labute approximate surface area is 316 Å². The number of benzene rings is 1. The van der Waals surface area contributed by atoms with E-state index in [0.717, 1.165) is 58.0 Å². The van der Waals surface area contributed by atoms with Crippen LogP contribution in [0, 0.1) is 23.7 Å². The van der Waals surface area contributed by atoms with E-state index in [1.165, 1.54) is 0 Å². The number of aromatic nitrogens is 1. The lowest BCUT2D eigenvalue weighted by molar-refractivity contribution is -0.140. The van der Waals surface area contributed by atoms with Gasteiger partial charge in [-0.25, -0.2) is 13.4 Å². The van der Waals surface area contributed by atoms with E-state index in [2.05, 4.69) is 30.8 Å². The number of thioether (sulfide) groups is 1. The number of ether oxygens (including phenoxy) is 2. The minimum atomic E-state index is -3.83. The van der Waals surface area contributed by atoms with Crippen molar-refractivity contribution in [2.24, 2.45) is 28.7 Å². The molecule has 53 heavy (non-hydrogen) atoms. The van der Waals surface area contributed by atoms with Crippen LogP contribution < -0.4 is 19.5 Å². The molecular formula is C39H51N5O7S2. The van der Waals surface area contributed by atoms with E-state index < -0.39 is 50.6 Å². The monoisotopic (exact) mass is 765 g/mol. The summed E-state index contributed by atoms with van der Waals surface area (Å²) >= 11 is 1.68. The highest BCUT2D eigenvalue weighted by atomic mass is 32.2. The maximum Gasteiger partial charge on any atom is 0.259 e. The first-order valence-electron chi connectivity index (χ1n) is 19.0. The molecule has 1 aromatic carbocycles. The number of nitrogens with one attached hydrogen (secondary N) is 2. The predicted molar refractivity (Wildman–Crippen MR) is 206 cm³/mol. The number of nitrogens with zero attached hydrogens (tertiary/aromatic N) is 3. The molecule has 14 heteroatoms. The molecule has 0 saturated heterocycles. The second-order valence-electron chi connectivity index (χ2n) is 15.6. The van der Waals surface area contributed by atoms with E-state index in [-0.39, 0.29) is 24.3 Å². The summed E-state index contributed by atoms with van der Waals surface area (Å²) in [5.41, 5.74) is 1.05. The highest BCUT2D eigenvalue weighted by molar-refractivity contribution is 8.14. The largest absolute Gasteiger partial charge is 0.496 e. The van der Waals surface area contributed by atoms with Gasteiger partial charge in [0.25, 0.3) is 5.91 Å². The smallest absolute Gasteiger partial charge is 0.259 e. The summed E-state index contributed by atoms with van der Waals surface area (Å²) in [5.74, 6) is -0.490. The van der Waals surface area contributed by atoms with Gasteiger partial charge in [0.1, 0.15) is 28.2 Å². The molecule has 12 nitrogen and oxygen atoms in total. The van der Waals surface area contributed by atoms with Gasteiger partial charge in [-0.2, -0.15) is 0 Å². The first-order chi connectivity index (χ1) is 25.3. The molecule has 5 aliphatic rings. The number of allylic oxidation sites excluding steroid dienone is 1. The first-order valence-corrected chi connectivity index (χ1v) is 21.6. The molecule has 2 aliphatic heterocycles. The number of pyridine rings is 1. The van der Waals surface area contributed by atoms with Gasteiger partial charge in [0, 0.05) is 42.3 Å². The summed E-state index contributed by atoms with van der Waals surface area (Å²) in [6.45, 7) is 6.96. The molecule has 2 N–H and O–H groups in total. The van der Waals surface area contributed by atoms with Gasteiger partial charge in [0.2, 0.25) is 21.8 Å². The van der Waals surface area contributed by atoms with Gasteiger partial charge in [-0.3, -0.25) is 24.1 Å². The second-order valence-corrected chi connectivity index (χ2v) is 18.6. The molecule has 3 saturated carbocycles. The molecule has 1 aromatic heterocycles. The highest BCUT2D eigenvalue weighted by Crippen LogP contribution is 2.47. The summed E-state index contributed by atoms with van der Waals surface area (Å²) in [6.07, 6.45) is 8.37. The van der Waals surface area contributed by atoms with E-state index >= 15 is 0 Å². The minimum absolute atomic E-state index is 0.138. The average Bonchev–Trinajstić information content (AvgIpc) is 4.01. The van der Waals surface area contributed by atoms with Crippen LogP contribution in [0.25, 0.3) is 10.9 Å². The normalized spacial score (nSPS) is 29.9. The number of aryl methyl sites for hydroxylation is 1. The molecule has 0 bridgehead atoms. The zero-order valence-corrected chi connectivity index (χ0v) is 32.9. The fourth-order valence-corrected chi connectivity index (χ4v) is 10.6. The van der Waals surface area contributed by atoms with Gasteiger partial charge >= 0.3 is 0 Å². The van der Waals surface area contributed by atoms with E-state index in [1.807, 2.05) is 30.4 Å². The molecule has 3 fully saturated rings. The summed E-state index contributed by atoms with van der Waals surface area (Å²) < 4.78 is 40.4. The lowest BCUT2D eigenvalue weighted by atomic mass is 9.93. The number of hydrogen-bond acceptors (Lipinski definition) is 10. The van der Waals surface area contributed by atoms with Crippen LogP contribution in [0.15, 0.2) is 35.3 Å². The third-order valence-corrected chi connectivity index (χ3v) is 14.4. The molecule has 3 amide bonds. The van der Waals surface area contributed by atoms with Gasteiger partial charge in [-0.1, -0.05) is 32.9 Å². The number of aliphatic imine (C=N–C) groups is 1. The molecule has 2 aromatic rings. The second kappa shape index (κ2) is 14.9. The van der Waals surface area contributed by atoms with Crippen molar-refractivity contribution in [2.75, 3.05) is 26.5 Å². The number of fused-ring (bicyclic) bond motifs is 3. The Bertz CT molecular complexity index is 1960. The molecule has 286 valence electrons. The Kier molecular flexibility index (Phi) is 10.6. The fourth-order valence-electron chi connectivity index (χ4n) is 7.98. The third kappa shape index (κ3) is 7.54. The lowest BCUT2D eigenvalue weighted by Gasteiger charge is -2.26. The van der Waals surface area contributed by atoms with Crippen molar-refractivity contribution in [1.82, 2.24) is 19.9 Å². The molecule has 6 atom stereocenters. The van der Waals surface area contributed by atoms with E-state index in [0.29, 0.717) is 50.3 Å². The van der Waals surface area contributed by atoms with Gasteiger partial charge in [-0.05, 0) is 75.8 Å². The number of amides is 3. The van der Waals surface area contributed by atoms with E-state index in [4.69, 9.17) is 19.5 Å². The maximum absolute atomic E-state index is 14.3. The van der Waals surface area contributed by atoms with Crippen molar-refractivity contribution in [3.05, 3.63) is 41.6 Å². The Morgan fingerprint density at radius 3 is 2.62 bits per heavy atom. The molecular weight excluding hydrogens is 715 g/mol. The van der Waals surface area contributed by atoms with Gasteiger partial charge < -0.3 is 19.7 Å². The number of methoxy groups -OCH3 is 1. The minimum Gasteiger partial charge on any atom is -0.496 e. The van der Waals surface area contributed by atoms with Crippen LogP contribution in [0.4, 0.5) is 0 Å². The quantitative estimate of drug-likeness (QED) is 0.343. The van der Waals surface area contributed by atoms with Crippen LogP contribution in [0.1, 0.15) is 83.4 Å². The zero-order chi connectivity index (χ0) is 37.7. The number of rotatable bonds is 9. The zero-order valence-electron chi connectivity index (χ0n) is 31.2. The topological polar surface area (TPSA) is 156 Å². The Hall–Kier alpha value is -3.65. The standard InChI is InChI=1S/C39H51N5O7S2/c1-6-26-32(50-5)15-14-27-33(19-30(40-34(26)27)36-41-31(21-52-36)22(2)3)51-24-17-28-29(18-24)37(46)44(4)16-10-8-7-9-11-23-20-39(23,42-35(28)45)38(47)43-53(48,49)25-12-13-25/h9,11,14-15,19,22-25,28-29,31H,6-8,10,12-13,16-18,20-21H2,1-5H3,(H,42,45)(H,43,47)/b11-9-/t23?,24-,28-,29-,31?,39-/m1/s1. The van der Waals surface area contributed by atoms with Crippen molar-refractivity contribution >= 4 is 55.5 Å². The fraction of sp³-hybridized carbons (Fsp3) is 0.615. The molecule has 0 spiro atoms. The number of hydrogen-bond donors (Lipinski definition) is 2.